The molecule has 0 bridgehead atoms. The molecule has 2 aromatic rings. The first-order valence-electron chi connectivity index (χ1n) is 8.24. The molecule has 2 rings (SSSR count). The zero-order chi connectivity index (χ0) is 18.2. The average Bonchev–Trinajstić information content (AvgIpc) is 2.63. The molecule has 1 heterocycles. The van der Waals surface area contributed by atoms with Crippen molar-refractivity contribution >= 4 is 5.84 Å². The van der Waals surface area contributed by atoms with Crippen molar-refractivity contribution in [3.8, 4) is 5.75 Å². The molecule has 1 aromatic heterocycles. The van der Waals surface area contributed by atoms with Crippen LogP contribution in [-0.4, -0.2) is 15.4 Å². The van der Waals surface area contributed by atoms with Gasteiger partial charge in [-0.2, -0.15) is 0 Å². The number of nitrogens with one attached hydrogen (secondary N) is 2. The lowest BCUT2D eigenvalue weighted by molar-refractivity contribution is 0.478. The second-order valence-corrected chi connectivity index (χ2v) is 6.00. The molecule has 0 fully saturated rings. The quantitative estimate of drug-likeness (QED) is 0.346. The van der Waals surface area contributed by atoms with Crippen molar-refractivity contribution in [1.29, 1.82) is 10.8 Å². The number of nitrogens with zero attached hydrogens (tertiary/aromatic N) is 2. The van der Waals surface area contributed by atoms with Gasteiger partial charge >= 0.3 is 0 Å². The van der Waals surface area contributed by atoms with E-state index in [9.17, 15) is 0 Å². The lowest BCUT2D eigenvalue weighted by Crippen LogP contribution is -2.31. The number of aromatic nitrogens is 2. The van der Waals surface area contributed by atoms with E-state index in [2.05, 4.69) is 11.6 Å². The highest BCUT2D eigenvalue weighted by Crippen LogP contribution is 2.20. The largest absolute Gasteiger partial charge is 0.465 e. The van der Waals surface area contributed by atoms with Crippen LogP contribution < -0.4 is 10.4 Å². The molecule has 0 saturated heterocycles. The minimum Gasteiger partial charge on any atom is -0.465 e. The minimum atomic E-state index is 0.0208. The topological polar surface area (TPSA) is 74.8 Å². The van der Waals surface area contributed by atoms with E-state index >= 15 is 0 Å². The van der Waals surface area contributed by atoms with Gasteiger partial charge in [0.05, 0.1) is 6.26 Å². The van der Waals surface area contributed by atoms with Gasteiger partial charge in [-0.15, -0.1) is 6.58 Å². The SMILES string of the molecule is C=CC(C/C=C/Oc1ccccc1)c1cnc(=N)n(C(=N)C(C)C)c1. The highest BCUT2D eigenvalue weighted by Gasteiger charge is 2.11. The number of rotatable bonds is 7. The van der Waals surface area contributed by atoms with E-state index in [0.717, 1.165) is 11.3 Å². The summed E-state index contributed by atoms with van der Waals surface area (Å²) in [5.41, 5.74) is 0.981. The van der Waals surface area contributed by atoms with Gasteiger partial charge in [0.15, 0.2) is 0 Å². The third-order valence-corrected chi connectivity index (χ3v) is 3.79. The van der Waals surface area contributed by atoms with Gasteiger partial charge < -0.3 is 4.74 Å². The minimum absolute atomic E-state index is 0.0208. The highest BCUT2D eigenvalue weighted by molar-refractivity contribution is 5.82. The first kappa shape index (κ1) is 18.4. The number of benzene rings is 1. The number of allylic oxidation sites excluding steroid dienone is 2. The molecule has 0 saturated carbocycles. The predicted molar refractivity (Wildman–Crippen MR) is 99.8 cm³/mol. The first-order valence-corrected chi connectivity index (χ1v) is 8.24. The van der Waals surface area contributed by atoms with Crippen LogP contribution in [0.15, 0.2) is 67.7 Å². The van der Waals surface area contributed by atoms with Gasteiger partial charge in [-0.05, 0) is 30.2 Å². The lowest BCUT2D eigenvalue weighted by Gasteiger charge is -2.15. The summed E-state index contributed by atoms with van der Waals surface area (Å²) in [6, 6.07) is 9.58. The second kappa shape index (κ2) is 8.78. The monoisotopic (exact) mass is 336 g/mol. The molecule has 25 heavy (non-hydrogen) atoms. The Morgan fingerprint density at radius 2 is 2.04 bits per heavy atom. The Balaban J connectivity index is 2.10. The maximum absolute atomic E-state index is 8.13. The van der Waals surface area contributed by atoms with E-state index in [1.54, 1.807) is 18.7 Å². The Kier molecular flexibility index (Phi) is 6.46. The normalized spacial score (nSPS) is 12.3. The average molecular weight is 336 g/mol. The standard InChI is InChI=1S/C20H24N4O/c1-4-16(9-8-12-25-18-10-6-5-7-11-18)17-13-23-20(22)24(14-17)19(21)15(2)3/h4-8,10-16,21-22H,1,9H2,2-3H3/b12-8+,21-19?,22-20?. The summed E-state index contributed by atoms with van der Waals surface area (Å²) < 4.78 is 7.06. The first-order chi connectivity index (χ1) is 12.0. The fourth-order valence-electron chi connectivity index (χ4n) is 2.29. The van der Waals surface area contributed by atoms with Crippen molar-refractivity contribution < 1.29 is 4.74 Å². The zero-order valence-electron chi connectivity index (χ0n) is 14.6. The van der Waals surface area contributed by atoms with Crippen LogP contribution in [0, 0.1) is 16.7 Å². The van der Waals surface area contributed by atoms with E-state index in [1.807, 2.05) is 56.3 Å². The number of para-hydroxylation sites is 1. The summed E-state index contributed by atoms with van der Waals surface area (Å²) in [5.74, 6) is 1.20. The molecule has 1 atom stereocenters. The predicted octanol–water partition coefficient (Wildman–Crippen LogP) is 4.10. The Morgan fingerprint density at radius 3 is 2.68 bits per heavy atom. The van der Waals surface area contributed by atoms with Crippen LogP contribution in [0.3, 0.4) is 0 Å². The summed E-state index contributed by atoms with van der Waals surface area (Å²) in [4.78, 5) is 4.11. The summed E-state index contributed by atoms with van der Waals surface area (Å²) in [5, 5.41) is 16.0. The molecule has 0 aliphatic heterocycles. The maximum Gasteiger partial charge on any atom is 0.227 e. The fraction of sp³-hybridized carbons (Fsp3) is 0.250. The Morgan fingerprint density at radius 1 is 1.32 bits per heavy atom. The van der Waals surface area contributed by atoms with Crippen LogP contribution in [0.5, 0.6) is 5.75 Å². The Labute approximate surface area is 148 Å². The fourth-order valence-corrected chi connectivity index (χ4v) is 2.29. The van der Waals surface area contributed by atoms with Gasteiger partial charge in [0.2, 0.25) is 5.62 Å². The molecule has 0 aliphatic carbocycles. The maximum atomic E-state index is 8.13. The van der Waals surface area contributed by atoms with Crippen molar-refractivity contribution in [1.82, 2.24) is 9.55 Å². The Bertz CT molecular complexity index is 806. The van der Waals surface area contributed by atoms with Crippen LogP contribution in [0.4, 0.5) is 0 Å². The van der Waals surface area contributed by atoms with Gasteiger partial charge in [0.25, 0.3) is 0 Å². The van der Waals surface area contributed by atoms with Crippen molar-refractivity contribution in [3.63, 3.8) is 0 Å². The van der Waals surface area contributed by atoms with Gasteiger partial charge in [0.1, 0.15) is 11.6 Å². The molecule has 0 amide bonds. The molecular formula is C20H24N4O. The van der Waals surface area contributed by atoms with Crippen molar-refractivity contribution in [3.05, 3.63) is 78.9 Å². The van der Waals surface area contributed by atoms with E-state index < -0.39 is 0 Å². The van der Waals surface area contributed by atoms with Gasteiger partial charge in [-0.1, -0.05) is 38.1 Å². The smallest absolute Gasteiger partial charge is 0.227 e. The lowest BCUT2D eigenvalue weighted by atomic mass is 9.98. The van der Waals surface area contributed by atoms with E-state index in [1.165, 1.54) is 4.57 Å². The van der Waals surface area contributed by atoms with Crippen molar-refractivity contribution in [2.24, 2.45) is 5.92 Å². The third-order valence-electron chi connectivity index (χ3n) is 3.79. The molecule has 2 N–H and O–H groups in total. The Hall–Kier alpha value is -2.95. The zero-order valence-corrected chi connectivity index (χ0v) is 14.6. The molecule has 0 radical (unpaired) electrons. The number of ether oxygens (including phenoxy) is 1. The van der Waals surface area contributed by atoms with Crippen molar-refractivity contribution in [2.45, 2.75) is 26.2 Å². The van der Waals surface area contributed by atoms with E-state index in [-0.39, 0.29) is 17.5 Å². The molecule has 5 nitrogen and oxygen atoms in total. The van der Waals surface area contributed by atoms with E-state index in [0.29, 0.717) is 12.3 Å². The van der Waals surface area contributed by atoms with Gasteiger partial charge in [0, 0.05) is 24.2 Å². The molecule has 1 unspecified atom stereocenters. The van der Waals surface area contributed by atoms with E-state index in [4.69, 9.17) is 15.6 Å². The molecular weight excluding hydrogens is 312 g/mol. The summed E-state index contributed by atoms with van der Waals surface area (Å²) in [7, 11) is 0. The highest BCUT2D eigenvalue weighted by atomic mass is 16.5. The summed E-state index contributed by atoms with van der Waals surface area (Å²) in [6.07, 6.45) is 9.62. The second-order valence-electron chi connectivity index (χ2n) is 6.00. The third kappa shape index (κ3) is 5.01. The van der Waals surface area contributed by atoms with Crippen LogP contribution in [-0.2, 0) is 0 Å². The molecule has 130 valence electrons. The van der Waals surface area contributed by atoms with Crippen LogP contribution in [0.2, 0.25) is 0 Å². The molecule has 0 spiro atoms. The molecule has 0 aliphatic rings. The van der Waals surface area contributed by atoms with Gasteiger partial charge in [-0.25, -0.2) is 4.98 Å². The molecule has 1 aromatic carbocycles. The van der Waals surface area contributed by atoms with Crippen molar-refractivity contribution in [2.75, 3.05) is 0 Å². The van der Waals surface area contributed by atoms with Crippen LogP contribution in [0.25, 0.3) is 0 Å². The van der Waals surface area contributed by atoms with Crippen LogP contribution in [0.1, 0.15) is 31.7 Å². The number of hydrogen-bond acceptors (Lipinski definition) is 4. The van der Waals surface area contributed by atoms with Crippen LogP contribution >= 0.6 is 0 Å². The summed E-state index contributed by atoms with van der Waals surface area (Å²) >= 11 is 0. The van der Waals surface area contributed by atoms with Gasteiger partial charge in [-0.3, -0.25) is 15.4 Å². The summed E-state index contributed by atoms with van der Waals surface area (Å²) in [6.45, 7) is 7.75. The molecule has 5 heteroatoms. The number of hydrogen-bond donors (Lipinski definition) is 2.